The summed E-state index contributed by atoms with van der Waals surface area (Å²) in [6.45, 7) is 0.353. The highest BCUT2D eigenvalue weighted by molar-refractivity contribution is 7.80. The normalized spacial score (nSPS) is 14.3. The number of nitrogens with zero attached hydrogens (tertiary/aromatic N) is 1. The van der Waals surface area contributed by atoms with Crippen LogP contribution >= 0.6 is 12.2 Å². The lowest BCUT2D eigenvalue weighted by atomic mass is 10.1. The van der Waals surface area contributed by atoms with Gasteiger partial charge >= 0.3 is 6.18 Å². The lowest BCUT2D eigenvalue weighted by molar-refractivity contribution is -0.147. The van der Waals surface area contributed by atoms with Crippen molar-refractivity contribution in [2.24, 2.45) is 11.7 Å². The first kappa shape index (κ1) is 14.6. The van der Waals surface area contributed by atoms with Gasteiger partial charge in [-0.15, -0.1) is 0 Å². The van der Waals surface area contributed by atoms with Gasteiger partial charge in [-0.3, -0.25) is 4.90 Å². The molecule has 0 aromatic rings. The molecule has 0 aliphatic heterocycles. The van der Waals surface area contributed by atoms with Crippen molar-refractivity contribution in [3.05, 3.63) is 0 Å². The molecule has 0 bridgehead atoms. The monoisotopic (exact) mass is 244 g/mol. The predicted molar refractivity (Wildman–Crippen MR) is 55.5 cm³/mol. The summed E-state index contributed by atoms with van der Waals surface area (Å²) in [6.07, 6.45) is -4.27. The molecule has 0 saturated carbocycles. The van der Waals surface area contributed by atoms with E-state index in [0.717, 1.165) is 4.90 Å². The third-order valence-corrected chi connectivity index (χ3v) is 2.24. The summed E-state index contributed by atoms with van der Waals surface area (Å²) in [5.74, 6) is -0.297. The van der Waals surface area contributed by atoms with Gasteiger partial charge in [-0.25, -0.2) is 0 Å². The van der Waals surface area contributed by atoms with Gasteiger partial charge in [-0.05, 0) is 0 Å². The zero-order valence-electron chi connectivity index (χ0n) is 8.42. The topological polar surface area (TPSA) is 49.5 Å². The van der Waals surface area contributed by atoms with Crippen molar-refractivity contribution in [3.63, 3.8) is 0 Å². The molecule has 0 spiro atoms. The molecule has 0 radical (unpaired) electrons. The first-order valence-electron chi connectivity index (χ1n) is 4.45. The van der Waals surface area contributed by atoms with Gasteiger partial charge in [0.15, 0.2) is 0 Å². The smallest absolute Gasteiger partial charge is 0.395 e. The van der Waals surface area contributed by atoms with E-state index >= 15 is 0 Å². The van der Waals surface area contributed by atoms with Gasteiger partial charge in [0.25, 0.3) is 0 Å². The number of halogens is 3. The van der Waals surface area contributed by atoms with Gasteiger partial charge in [-0.2, -0.15) is 13.2 Å². The van der Waals surface area contributed by atoms with Crippen LogP contribution in [0.25, 0.3) is 0 Å². The molecule has 0 saturated heterocycles. The van der Waals surface area contributed by atoms with Crippen molar-refractivity contribution in [3.8, 4) is 0 Å². The number of nitrogens with two attached hydrogens (primary N) is 1. The third kappa shape index (κ3) is 7.52. The van der Waals surface area contributed by atoms with Crippen molar-refractivity contribution in [2.75, 3.05) is 26.2 Å². The standard InChI is InChI=1S/C8H15F3N2OS/c1-6(7(12)15)4-13(2-3-14)5-8(9,10)11/h6,14H,2-5H2,1H3,(H2,12,15). The number of hydrogen-bond donors (Lipinski definition) is 2. The van der Waals surface area contributed by atoms with E-state index in [1.165, 1.54) is 0 Å². The number of hydrogen-bond acceptors (Lipinski definition) is 3. The summed E-state index contributed by atoms with van der Waals surface area (Å²) in [7, 11) is 0. The first-order valence-corrected chi connectivity index (χ1v) is 4.86. The number of aliphatic hydroxyl groups excluding tert-OH is 1. The quantitative estimate of drug-likeness (QED) is 0.677. The average molecular weight is 244 g/mol. The number of rotatable bonds is 6. The fourth-order valence-electron chi connectivity index (χ4n) is 1.11. The van der Waals surface area contributed by atoms with Crippen LogP contribution in [0.1, 0.15) is 6.92 Å². The highest BCUT2D eigenvalue weighted by atomic mass is 32.1. The predicted octanol–water partition coefficient (Wildman–Crippen LogP) is 0.765. The largest absolute Gasteiger partial charge is 0.401 e. The van der Waals surface area contributed by atoms with E-state index < -0.39 is 12.7 Å². The highest BCUT2D eigenvalue weighted by Crippen LogP contribution is 2.17. The van der Waals surface area contributed by atoms with Gasteiger partial charge in [0.2, 0.25) is 0 Å². The van der Waals surface area contributed by atoms with Crippen LogP contribution in [0.15, 0.2) is 0 Å². The molecule has 15 heavy (non-hydrogen) atoms. The third-order valence-electron chi connectivity index (χ3n) is 1.84. The van der Waals surface area contributed by atoms with Gasteiger partial charge in [0, 0.05) is 19.0 Å². The van der Waals surface area contributed by atoms with Crippen LogP contribution in [-0.4, -0.2) is 47.4 Å². The molecule has 7 heteroatoms. The molecule has 1 unspecified atom stereocenters. The van der Waals surface area contributed by atoms with Crippen molar-refractivity contribution >= 4 is 17.2 Å². The van der Waals surface area contributed by atoms with Crippen LogP contribution in [0.3, 0.4) is 0 Å². The minimum absolute atomic E-state index is 0.0353. The zero-order valence-corrected chi connectivity index (χ0v) is 9.24. The van der Waals surface area contributed by atoms with Crippen LogP contribution in [0.5, 0.6) is 0 Å². The van der Waals surface area contributed by atoms with E-state index in [1.54, 1.807) is 6.92 Å². The van der Waals surface area contributed by atoms with Crippen LogP contribution < -0.4 is 5.73 Å². The Morgan fingerprint density at radius 2 is 2.07 bits per heavy atom. The number of alkyl halides is 3. The molecular weight excluding hydrogens is 229 g/mol. The Morgan fingerprint density at radius 3 is 2.40 bits per heavy atom. The van der Waals surface area contributed by atoms with E-state index in [0.29, 0.717) is 0 Å². The molecule has 0 aliphatic rings. The minimum Gasteiger partial charge on any atom is -0.395 e. The van der Waals surface area contributed by atoms with Crippen LogP contribution in [0, 0.1) is 5.92 Å². The minimum atomic E-state index is -4.27. The molecule has 3 nitrogen and oxygen atoms in total. The Hall–Kier alpha value is -0.400. The first-order chi connectivity index (χ1) is 6.76. The van der Waals surface area contributed by atoms with E-state index in [2.05, 4.69) is 12.2 Å². The molecule has 90 valence electrons. The summed E-state index contributed by atoms with van der Waals surface area (Å²) in [5, 5.41) is 8.61. The summed E-state index contributed by atoms with van der Waals surface area (Å²) < 4.78 is 36.3. The Kier molecular flexibility index (Phi) is 6.07. The maximum Gasteiger partial charge on any atom is 0.401 e. The Morgan fingerprint density at radius 1 is 1.53 bits per heavy atom. The molecule has 0 aliphatic carbocycles. The van der Waals surface area contributed by atoms with Crippen LogP contribution in [-0.2, 0) is 0 Å². The molecule has 0 aromatic carbocycles. The van der Waals surface area contributed by atoms with E-state index in [1.807, 2.05) is 0 Å². The highest BCUT2D eigenvalue weighted by Gasteiger charge is 2.31. The molecule has 3 N–H and O–H groups in total. The van der Waals surface area contributed by atoms with E-state index in [9.17, 15) is 13.2 Å². The molecule has 0 rings (SSSR count). The van der Waals surface area contributed by atoms with Crippen molar-refractivity contribution in [1.82, 2.24) is 4.90 Å². The Bertz CT molecular complexity index is 211. The second-order valence-electron chi connectivity index (χ2n) is 3.38. The zero-order chi connectivity index (χ0) is 12.1. The molecule has 0 amide bonds. The van der Waals surface area contributed by atoms with E-state index in [-0.39, 0.29) is 30.6 Å². The van der Waals surface area contributed by atoms with Gasteiger partial charge in [-0.1, -0.05) is 19.1 Å². The summed E-state index contributed by atoms with van der Waals surface area (Å²) in [5.41, 5.74) is 5.31. The molecular formula is C8H15F3N2OS. The van der Waals surface area contributed by atoms with Crippen LogP contribution in [0.2, 0.25) is 0 Å². The fraction of sp³-hybridized carbons (Fsp3) is 0.875. The molecule has 0 heterocycles. The van der Waals surface area contributed by atoms with Crippen molar-refractivity contribution < 1.29 is 18.3 Å². The maximum atomic E-state index is 12.1. The number of thiocarbonyl (C=S) groups is 1. The second-order valence-corrected chi connectivity index (χ2v) is 3.85. The Balaban J connectivity index is 4.21. The van der Waals surface area contributed by atoms with Gasteiger partial charge in [0.1, 0.15) is 0 Å². The Labute approximate surface area is 92.0 Å². The summed E-state index contributed by atoms with van der Waals surface area (Å²) >= 11 is 4.67. The van der Waals surface area contributed by atoms with Crippen molar-refractivity contribution in [2.45, 2.75) is 13.1 Å². The summed E-state index contributed by atoms with van der Waals surface area (Å²) in [6, 6.07) is 0. The average Bonchev–Trinajstić information content (AvgIpc) is 2.00. The molecule has 1 atom stereocenters. The fourth-order valence-corrected chi connectivity index (χ4v) is 1.18. The lowest BCUT2D eigenvalue weighted by Crippen LogP contribution is -2.41. The maximum absolute atomic E-state index is 12.1. The van der Waals surface area contributed by atoms with E-state index in [4.69, 9.17) is 10.8 Å². The van der Waals surface area contributed by atoms with Crippen LogP contribution in [0.4, 0.5) is 13.2 Å². The summed E-state index contributed by atoms with van der Waals surface area (Å²) in [4.78, 5) is 1.27. The molecule has 0 aromatic heterocycles. The second kappa shape index (κ2) is 6.24. The molecule has 0 fully saturated rings. The SMILES string of the molecule is CC(CN(CCO)CC(F)(F)F)C(N)=S. The lowest BCUT2D eigenvalue weighted by Gasteiger charge is -2.25. The van der Waals surface area contributed by atoms with Gasteiger partial charge in [0.05, 0.1) is 18.1 Å². The van der Waals surface area contributed by atoms with Crippen molar-refractivity contribution in [1.29, 1.82) is 0 Å². The van der Waals surface area contributed by atoms with Gasteiger partial charge < -0.3 is 10.8 Å². The number of aliphatic hydroxyl groups is 1.